The van der Waals surface area contributed by atoms with Crippen LogP contribution in [0.5, 0.6) is 11.5 Å². The maximum Gasteiger partial charge on any atom is 0.261 e. The van der Waals surface area contributed by atoms with Crippen molar-refractivity contribution in [2.75, 3.05) is 6.54 Å². The van der Waals surface area contributed by atoms with Crippen molar-refractivity contribution in [2.45, 2.75) is 19.3 Å². The summed E-state index contributed by atoms with van der Waals surface area (Å²) in [7, 11) is 0. The zero-order chi connectivity index (χ0) is 20.4. The average Bonchev–Trinajstić information content (AvgIpc) is 2.99. The summed E-state index contributed by atoms with van der Waals surface area (Å²) < 4.78 is 19.3. The van der Waals surface area contributed by atoms with E-state index >= 15 is 0 Å². The van der Waals surface area contributed by atoms with E-state index in [0.29, 0.717) is 29.8 Å². The average molecular weight is 389 g/mol. The van der Waals surface area contributed by atoms with Gasteiger partial charge in [0.25, 0.3) is 11.8 Å². The number of carbonyl (C=O) groups is 2. The van der Waals surface area contributed by atoms with Crippen LogP contribution in [0.2, 0.25) is 0 Å². The van der Waals surface area contributed by atoms with Gasteiger partial charge in [0.15, 0.2) is 11.6 Å². The third-order valence-electron chi connectivity index (χ3n) is 5.18. The van der Waals surface area contributed by atoms with E-state index in [4.69, 9.17) is 4.74 Å². The number of hydrogen-bond donors (Lipinski definition) is 0. The number of imide groups is 1. The molecule has 0 saturated heterocycles. The van der Waals surface area contributed by atoms with Gasteiger partial charge in [-0.15, -0.1) is 0 Å². The molecule has 0 saturated carbocycles. The van der Waals surface area contributed by atoms with Gasteiger partial charge < -0.3 is 4.74 Å². The predicted molar refractivity (Wildman–Crippen MR) is 108 cm³/mol. The Morgan fingerprint density at radius 1 is 0.862 bits per heavy atom. The van der Waals surface area contributed by atoms with Gasteiger partial charge in [-0.25, -0.2) is 4.39 Å². The Morgan fingerprint density at radius 2 is 1.45 bits per heavy atom. The third kappa shape index (κ3) is 3.76. The zero-order valence-corrected chi connectivity index (χ0v) is 16.0. The van der Waals surface area contributed by atoms with E-state index < -0.39 is 5.82 Å². The summed E-state index contributed by atoms with van der Waals surface area (Å²) in [6.45, 7) is 2.41. The molecule has 0 aromatic heterocycles. The molecule has 5 heteroatoms. The molecule has 146 valence electrons. The molecule has 2 amide bonds. The second kappa shape index (κ2) is 7.87. The fourth-order valence-electron chi connectivity index (χ4n) is 3.45. The van der Waals surface area contributed by atoms with Crippen molar-refractivity contribution in [1.29, 1.82) is 0 Å². The fraction of sp³-hybridized carbons (Fsp3) is 0.167. The Hall–Kier alpha value is -3.47. The molecule has 0 N–H and O–H groups in total. The summed E-state index contributed by atoms with van der Waals surface area (Å²) in [4.78, 5) is 26.2. The van der Waals surface area contributed by atoms with E-state index in [1.54, 1.807) is 54.6 Å². The number of amides is 2. The number of ether oxygens (including phenoxy) is 1. The van der Waals surface area contributed by atoms with Gasteiger partial charge in [0.1, 0.15) is 5.75 Å². The van der Waals surface area contributed by atoms with E-state index in [9.17, 15) is 14.0 Å². The lowest BCUT2D eigenvalue weighted by atomic mass is 9.97. The van der Waals surface area contributed by atoms with Crippen molar-refractivity contribution < 1.29 is 18.7 Å². The molecule has 4 nitrogen and oxygen atoms in total. The quantitative estimate of drug-likeness (QED) is 0.530. The minimum Gasteiger partial charge on any atom is -0.454 e. The molecule has 1 atom stereocenters. The summed E-state index contributed by atoms with van der Waals surface area (Å²) in [6.07, 6.45) is 0.652. The Balaban J connectivity index is 1.38. The highest BCUT2D eigenvalue weighted by Gasteiger charge is 2.34. The predicted octanol–water partition coefficient (Wildman–Crippen LogP) is 5.41. The summed E-state index contributed by atoms with van der Waals surface area (Å²) in [5, 5.41) is 0. The van der Waals surface area contributed by atoms with Gasteiger partial charge >= 0.3 is 0 Å². The number of rotatable bonds is 6. The molecule has 1 unspecified atom stereocenters. The number of nitrogens with zero attached hydrogens (tertiary/aromatic N) is 1. The van der Waals surface area contributed by atoms with Crippen LogP contribution in [0.1, 0.15) is 45.5 Å². The lowest BCUT2D eigenvalue weighted by Crippen LogP contribution is -2.31. The van der Waals surface area contributed by atoms with Crippen molar-refractivity contribution in [2.24, 2.45) is 0 Å². The van der Waals surface area contributed by atoms with E-state index in [1.807, 2.05) is 19.1 Å². The van der Waals surface area contributed by atoms with Gasteiger partial charge in [-0.05, 0) is 54.3 Å². The minimum atomic E-state index is -0.411. The van der Waals surface area contributed by atoms with Crippen LogP contribution in [-0.4, -0.2) is 23.3 Å². The highest BCUT2D eigenvalue weighted by molar-refractivity contribution is 6.21. The molecule has 0 fully saturated rings. The highest BCUT2D eigenvalue weighted by Crippen LogP contribution is 2.28. The summed E-state index contributed by atoms with van der Waals surface area (Å²) in [5.41, 5.74) is 2.00. The smallest absolute Gasteiger partial charge is 0.261 e. The summed E-state index contributed by atoms with van der Waals surface area (Å²) in [6, 6.07) is 20.6. The number of para-hydroxylation sites is 1. The molecule has 29 heavy (non-hydrogen) atoms. The SMILES string of the molecule is CC(CCN1C(=O)c2ccccc2C1=O)c1ccc(Oc2ccccc2F)cc1. The Morgan fingerprint density at radius 3 is 2.07 bits per heavy atom. The maximum absolute atomic E-state index is 13.7. The van der Waals surface area contributed by atoms with Gasteiger partial charge in [-0.2, -0.15) is 0 Å². The van der Waals surface area contributed by atoms with Crippen molar-refractivity contribution in [3.05, 3.63) is 95.3 Å². The van der Waals surface area contributed by atoms with Crippen LogP contribution in [-0.2, 0) is 0 Å². The van der Waals surface area contributed by atoms with Crippen molar-refractivity contribution in [3.8, 4) is 11.5 Å². The number of fused-ring (bicyclic) bond motifs is 1. The first-order valence-electron chi connectivity index (χ1n) is 9.52. The molecule has 0 radical (unpaired) electrons. The second-order valence-electron chi connectivity index (χ2n) is 7.10. The van der Waals surface area contributed by atoms with Crippen LogP contribution in [0.3, 0.4) is 0 Å². The van der Waals surface area contributed by atoms with Crippen LogP contribution in [0, 0.1) is 5.82 Å². The number of halogens is 1. The molecule has 1 aliphatic heterocycles. The van der Waals surface area contributed by atoms with Gasteiger partial charge in [0, 0.05) is 6.54 Å². The minimum absolute atomic E-state index is 0.141. The van der Waals surface area contributed by atoms with Crippen LogP contribution in [0.4, 0.5) is 4.39 Å². The summed E-state index contributed by atoms with van der Waals surface area (Å²) >= 11 is 0. The topological polar surface area (TPSA) is 46.6 Å². The lowest BCUT2D eigenvalue weighted by Gasteiger charge is -2.18. The van der Waals surface area contributed by atoms with Crippen LogP contribution in [0.15, 0.2) is 72.8 Å². The standard InChI is InChI=1S/C24H20FNO3/c1-16(14-15-26-23(27)19-6-2-3-7-20(19)24(26)28)17-10-12-18(13-11-17)29-22-9-5-4-8-21(22)25/h2-13,16H,14-15H2,1H3. The van der Waals surface area contributed by atoms with Crippen molar-refractivity contribution in [1.82, 2.24) is 4.90 Å². The van der Waals surface area contributed by atoms with Crippen molar-refractivity contribution >= 4 is 11.8 Å². The Labute approximate surface area is 168 Å². The van der Waals surface area contributed by atoms with Crippen LogP contribution in [0.25, 0.3) is 0 Å². The second-order valence-corrected chi connectivity index (χ2v) is 7.10. The highest BCUT2D eigenvalue weighted by atomic mass is 19.1. The van der Waals surface area contributed by atoms with E-state index in [2.05, 4.69) is 0 Å². The fourth-order valence-corrected chi connectivity index (χ4v) is 3.45. The monoisotopic (exact) mass is 389 g/mol. The maximum atomic E-state index is 13.7. The molecular weight excluding hydrogens is 369 g/mol. The third-order valence-corrected chi connectivity index (χ3v) is 5.18. The molecule has 3 aromatic rings. The number of hydrogen-bond acceptors (Lipinski definition) is 3. The molecule has 4 rings (SSSR count). The van der Waals surface area contributed by atoms with E-state index in [0.717, 1.165) is 5.56 Å². The summed E-state index contributed by atoms with van der Waals surface area (Å²) in [5.74, 6) is -0.00379. The largest absolute Gasteiger partial charge is 0.454 e. The molecular formula is C24H20FNO3. The van der Waals surface area contributed by atoms with Gasteiger partial charge in [0.2, 0.25) is 0 Å². The number of benzene rings is 3. The molecule has 3 aromatic carbocycles. The molecule has 0 spiro atoms. The van der Waals surface area contributed by atoms with Crippen LogP contribution < -0.4 is 4.74 Å². The van der Waals surface area contributed by atoms with Gasteiger partial charge in [-0.3, -0.25) is 14.5 Å². The van der Waals surface area contributed by atoms with Crippen LogP contribution >= 0.6 is 0 Å². The van der Waals surface area contributed by atoms with E-state index in [-0.39, 0.29) is 23.5 Å². The van der Waals surface area contributed by atoms with Crippen molar-refractivity contribution in [3.63, 3.8) is 0 Å². The molecule has 0 aliphatic carbocycles. The molecule has 1 aliphatic rings. The number of carbonyl (C=O) groups excluding carboxylic acids is 2. The Bertz CT molecular complexity index is 1030. The van der Waals surface area contributed by atoms with Gasteiger partial charge in [-0.1, -0.05) is 43.3 Å². The Kier molecular flexibility index (Phi) is 5.12. The zero-order valence-electron chi connectivity index (χ0n) is 16.0. The molecule has 1 heterocycles. The van der Waals surface area contributed by atoms with Gasteiger partial charge in [0.05, 0.1) is 11.1 Å². The lowest BCUT2D eigenvalue weighted by molar-refractivity contribution is 0.0650. The van der Waals surface area contributed by atoms with E-state index in [1.165, 1.54) is 11.0 Å². The first kappa shape index (κ1) is 18.9. The molecule has 0 bridgehead atoms. The first-order valence-corrected chi connectivity index (χ1v) is 9.52. The normalized spacial score (nSPS) is 14.1. The first-order chi connectivity index (χ1) is 14.0.